The third-order valence-electron chi connectivity index (χ3n) is 3.55. The molecule has 4 heteroatoms. The van der Waals surface area contributed by atoms with Gasteiger partial charge in [-0.05, 0) is 35.7 Å². The standard InChI is InChI=1S/C14H9NO3/c16-10-4-3-9-12(13(10)17)11-7(14(18)15-9)2-1-6-5-8(6)11/h1-4,16-17H,5H2,(H,15,18). The van der Waals surface area contributed by atoms with E-state index < -0.39 is 0 Å². The lowest BCUT2D eigenvalue weighted by Crippen LogP contribution is -2.06. The van der Waals surface area contributed by atoms with Crippen LogP contribution in [-0.2, 0) is 6.42 Å². The van der Waals surface area contributed by atoms with Gasteiger partial charge in [-0.15, -0.1) is 0 Å². The zero-order valence-corrected chi connectivity index (χ0v) is 9.32. The summed E-state index contributed by atoms with van der Waals surface area (Å²) in [7, 11) is 0. The van der Waals surface area contributed by atoms with E-state index in [2.05, 4.69) is 4.98 Å². The summed E-state index contributed by atoms with van der Waals surface area (Å²) < 4.78 is 0. The fraction of sp³-hybridized carbons (Fsp3) is 0.0714. The van der Waals surface area contributed by atoms with Crippen LogP contribution in [0, 0.1) is 0 Å². The largest absolute Gasteiger partial charge is 0.504 e. The molecule has 1 heterocycles. The molecule has 4 nitrogen and oxygen atoms in total. The van der Waals surface area contributed by atoms with Crippen molar-refractivity contribution in [2.75, 3.05) is 0 Å². The molecule has 0 radical (unpaired) electrons. The minimum atomic E-state index is -0.172. The SMILES string of the molecule is O=c1[nH]c2ccc(O)c(O)c2c2c3c(ccc12)C3. The molecular weight excluding hydrogens is 230 g/mol. The molecule has 0 aliphatic heterocycles. The maximum atomic E-state index is 12.0. The number of rotatable bonds is 0. The Bertz CT molecular complexity index is 893. The average Bonchev–Trinajstić information content (AvgIpc) is 3.13. The first-order valence-corrected chi connectivity index (χ1v) is 5.68. The number of nitrogens with one attached hydrogen (secondary N) is 1. The zero-order valence-electron chi connectivity index (χ0n) is 9.32. The molecule has 0 saturated carbocycles. The van der Waals surface area contributed by atoms with Gasteiger partial charge in [-0.1, -0.05) is 6.07 Å². The van der Waals surface area contributed by atoms with Gasteiger partial charge in [0.1, 0.15) is 0 Å². The third kappa shape index (κ3) is 1.02. The van der Waals surface area contributed by atoms with Gasteiger partial charge in [0.25, 0.3) is 5.56 Å². The number of aromatic hydroxyl groups is 2. The molecule has 1 aliphatic rings. The number of phenols is 2. The molecular formula is C14H9NO3. The highest BCUT2D eigenvalue weighted by Crippen LogP contribution is 2.42. The van der Waals surface area contributed by atoms with Gasteiger partial charge in [-0.2, -0.15) is 0 Å². The van der Waals surface area contributed by atoms with Crippen molar-refractivity contribution in [3.8, 4) is 11.5 Å². The van der Waals surface area contributed by atoms with Crippen molar-refractivity contribution in [1.29, 1.82) is 0 Å². The minimum absolute atomic E-state index is 0.169. The van der Waals surface area contributed by atoms with Crippen LogP contribution in [-0.4, -0.2) is 15.2 Å². The Labute approximate surface area is 101 Å². The van der Waals surface area contributed by atoms with E-state index in [1.165, 1.54) is 11.6 Å². The second-order valence-electron chi connectivity index (χ2n) is 4.61. The van der Waals surface area contributed by atoms with E-state index in [0.717, 1.165) is 17.4 Å². The van der Waals surface area contributed by atoms with Crippen LogP contribution in [0.2, 0.25) is 0 Å². The summed E-state index contributed by atoms with van der Waals surface area (Å²) in [5, 5.41) is 21.5. The average molecular weight is 239 g/mol. The van der Waals surface area contributed by atoms with Gasteiger partial charge in [-0.3, -0.25) is 4.79 Å². The lowest BCUT2D eigenvalue weighted by molar-refractivity contribution is 0.408. The van der Waals surface area contributed by atoms with E-state index in [0.29, 0.717) is 16.3 Å². The lowest BCUT2D eigenvalue weighted by atomic mass is 10.0. The minimum Gasteiger partial charge on any atom is -0.504 e. The lowest BCUT2D eigenvalue weighted by Gasteiger charge is -2.06. The number of benzene rings is 2. The topological polar surface area (TPSA) is 73.3 Å². The Morgan fingerprint density at radius 3 is 2.72 bits per heavy atom. The first kappa shape index (κ1) is 9.53. The second-order valence-corrected chi connectivity index (χ2v) is 4.61. The fourth-order valence-electron chi connectivity index (χ4n) is 2.59. The van der Waals surface area contributed by atoms with E-state index in [4.69, 9.17) is 0 Å². The number of hydrogen-bond acceptors (Lipinski definition) is 3. The molecule has 0 fully saturated rings. The van der Waals surface area contributed by atoms with Gasteiger partial charge in [0.15, 0.2) is 11.5 Å². The Morgan fingerprint density at radius 2 is 1.89 bits per heavy atom. The van der Waals surface area contributed by atoms with Crippen LogP contribution in [0.1, 0.15) is 11.1 Å². The maximum Gasteiger partial charge on any atom is 0.256 e. The molecule has 0 saturated heterocycles. The van der Waals surface area contributed by atoms with Crippen LogP contribution in [0.3, 0.4) is 0 Å². The number of fused-ring (bicyclic) bond motifs is 5. The predicted molar refractivity (Wildman–Crippen MR) is 68.2 cm³/mol. The summed E-state index contributed by atoms with van der Waals surface area (Å²) in [4.78, 5) is 14.7. The first-order chi connectivity index (χ1) is 8.66. The zero-order chi connectivity index (χ0) is 12.4. The molecule has 0 amide bonds. The van der Waals surface area contributed by atoms with Crippen molar-refractivity contribution in [1.82, 2.24) is 4.98 Å². The van der Waals surface area contributed by atoms with E-state index in [9.17, 15) is 15.0 Å². The summed E-state index contributed by atoms with van der Waals surface area (Å²) in [6, 6.07) is 6.68. The fourth-order valence-corrected chi connectivity index (χ4v) is 2.59. The van der Waals surface area contributed by atoms with Crippen LogP contribution in [0.25, 0.3) is 21.7 Å². The summed E-state index contributed by atoms with van der Waals surface area (Å²) in [6.45, 7) is 0. The molecule has 0 spiro atoms. The highest BCUT2D eigenvalue weighted by Gasteiger charge is 2.24. The number of hydrogen-bond donors (Lipinski definition) is 3. The molecule has 2 aromatic carbocycles. The smallest absolute Gasteiger partial charge is 0.256 e. The van der Waals surface area contributed by atoms with Gasteiger partial charge < -0.3 is 15.2 Å². The predicted octanol–water partition coefficient (Wildman–Crippen LogP) is 2.00. The maximum absolute atomic E-state index is 12.0. The van der Waals surface area contributed by atoms with Crippen LogP contribution in [0.5, 0.6) is 11.5 Å². The number of pyridine rings is 1. The first-order valence-electron chi connectivity index (χ1n) is 5.68. The molecule has 4 rings (SSSR count). The Hall–Kier alpha value is -2.49. The number of phenolic OH excluding ortho intramolecular Hbond substituents is 2. The molecule has 1 aliphatic carbocycles. The summed E-state index contributed by atoms with van der Waals surface area (Å²) in [5.74, 6) is -0.344. The van der Waals surface area contributed by atoms with Gasteiger partial charge in [0.05, 0.1) is 10.9 Å². The summed E-state index contributed by atoms with van der Waals surface area (Å²) >= 11 is 0. The molecule has 0 bridgehead atoms. The second kappa shape index (κ2) is 2.85. The molecule has 3 aromatic rings. The van der Waals surface area contributed by atoms with Crippen LogP contribution < -0.4 is 5.56 Å². The van der Waals surface area contributed by atoms with Gasteiger partial charge >= 0.3 is 0 Å². The van der Waals surface area contributed by atoms with Crippen LogP contribution >= 0.6 is 0 Å². The summed E-state index contributed by atoms with van der Waals surface area (Å²) in [6.07, 6.45) is 0.844. The Balaban J connectivity index is 2.41. The molecule has 88 valence electrons. The highest BCUT2D eigenvalue weighted by molar-refractivity contribution is 6.12. The van der Waals surface area contributed by atoms with Gasteiger partial charge in [0, 0.05) is 10.8 Å². The molecule has 18 heavy (non-hydrogen) atoms. The van der Waals surface area contributed by atoms with Crippen molar-refractivity contribution in [3.05, 3.63) is 45.7 Å². The quantitative estimate of drug-likeness (QED) is 0.324. The summed E-state index contributed by atoms with van der Waals surface area (Å²) in [5.41, 5.74) is 2.65. The van der Waals surface area contributed by atoms with E-state index in [1.54, 1.807) is 12.1 Å². The van der Waals surface area contributed by atoms with Crippen molar-refractivity contribution >= 4 is 21.7 Å². The van der Waals surface area contributed by atoms with Crippen LogP contribution in [0.4, 0.5) is 0 Å². The van der Waals surface area contributed by atoms with Crippen LogP contribution in [0.15, 0.2) is 29.1 Å². The Morgan fingerprint density at radius 1 is 1.06 bits per heavy atom. The molecule has 1 aromatic heterocycles. The monoisotopic (exact) mass is 239 g/mol. The van der Waals surface area contributed by atoms with Gasteiger partial charge in [0.2, 0.25) is 0 Å². The van der Waals surface area contributed by atoms with E-state index in [1.807, 2.05) is 6.07 Å². The number of aromatic nitrogens is 1. The van der Waals surface area contributed by atoms with E-state index in [-0.39, 0.29) is 17.1 Å². The molecule has 3 N–H and O–H groups in total. The third-order valence-corrected chi connectivity index (χ3v) is 3.55. The van der Waals surface area contributed by atoms with Crippen molar-refractivity contribution < 1.29 is 10.2 Å². The van der Waals surface area contributed by atoms with Crippen molar-refractivity contribution in [3.63, 3.8) is 0 Å². The Kier molecular flexibility index (Phi) is 1.51. The van der Waals surface area contributed by atoms with Gasteiger partial charge in [-0.25, -0.2) is 0 Å². The highest BCUT2D eigenvalue weighted by atomic mass is 16.3. The van der Waals surface area contributed by atoms with E-state index >= 15 is 0 Å². The van der Waals surface area contributed by atoms with Crippen molar-refractivity contribution in [2.45, 2.75) is 6.42 Å². The molecule has 0 unspecified atom stereocenters. The van der Waals surface area contributed by atoms with Crippen molar-refractivity contribution in [2.24, 2.45) is 0 Å². The molecule has 0 atom stereocenters. The number of aromatic amines is 1. The number of H-pyrrole nitrogens is 1. The normalized spacial score (nSPS) is 12.9.